The Morgan fingerprint density at radius 1 is 0.931 bits per heavy atom. The predicted molar refractivity (Wildman–Crippen MR) is 111 cm³/mol. The average Bonchev–Trinajstić information content (AvgIpc) is 2.73. The van der Waals surface area contributed by atoms with Crippen molar-refractivity contribution < 1.29 is 27.4 Å². The van der Waals surface area contributed by atoms with Crippen molar-refractivity contribution in [1.29, 1.82) is 0 Å². The number of carbonyl (C=O) groups excluding carboxylic acids is 1. The Morgan fingerprint density at radius 3 is 2.10 bits per heavy atom. The molecule has 0 aliphatic rings. The number of hydrogen-bond donors (Lipinski definition) is 1. The number of sulfonamides is 1. The van der Waals surface area contributed by atoms with Gasteiger partial charge in [0.25, 0.3) is 5.91 Å². The lowest BCUT2D eigenvalue weighted by Crippen LogP contribution is -2.31. The number of nitrogens with zero attached hydrogens (tertiary/aromatic N) is 1. The molecule has 158 valence electrons. The van der Waals surface area contributed by atoms with Gasteiger partial charge in [0.1, 0.15) is 22.1 Å². The molecular formula is C20H26N2O6S. The summed E-state index contributed by atoms with van der Waals surface area (Å²) >= 11 is 0. The fourth-order valence-corrected chi connectivity index (χ4v) is 4.47. The molecule has 0 aromatic heterocycles. The van der Waals surface area contributed by atoms with Crippen molar-refractivity contribution in [3.8, 4) is 17.2 Å². The van der Waals surface area contributed by atoms with E-state index in [4.69, 9.17) is 14.2 Å². The molecule has 1 N–H and O–H groups in total. The number of carbonyl (C=O) groups is 1. The van der Waals surface area contributed by atoms with Crippen LogP contribution in [-0.4, -0.2) is 53.0 Å². The van der Waals surface area contributed by atoms with Crippen LogP contribution < -0.4 is 19.5 Å². The van der Waals surface area contributed by atoms with E-state index < -0.39 is 15.9 Å². The minimum absolute atomic E-state index is 0.0612. The molecule has 2 aromatic carbocycles. The highest BCUT2D eigenvalue weighted by molar-refractivity contribution is 7.89. The number of nitrogens with one attached hydrogen (secondary N) is 1. The molecule has 0 aliphatic carbocycles. The molecule has 0 saturated heterocycles. The molecule has 0 unspecified atom stereocenters. The van der Waals surface area contributed by atoms with Crippen LogP contribution in [0.4, 0.5) is 5.69 Å². The highest BCUT2D eigenvalue weighted by Crippen LogP contribution is 2.31. The van der Waals surface area contributed by atoms with E-state index in [2.05, 4.69) is 5.32 Å². The van der Waals surface area contributed by atoms with Crippen molar-refractivity contribution >= 4 is 21.6 Å². The van der Waals surface area contributed by atoms with E-state index >= 15 is 0 Å². The first-order valence-corrected chi connectivity index (χ1v) is 10.5. The first-order valence-electron chi connectivity index (χ1n) is 9.03. The van der Waals surface area contributed by atoms with Gasteiger partial charge in [-0.3, -0.25) is 4.79 Å². The summed E-state index contributed by atoms with van der Waals surface area (Å²) in [6, 6.07) is 9.27. The van der Waals surface area contributed by atoms with Gasteiger partial charge < -0.3 is 19.5 Å². The number of benzene rings is 2. The van der Waals surface area contributed by atoms with Gasteiger partial charge in [0.2, 0.25) is 10.0 Å². The molecule has 2 aromatic rings. The van der Waals surface area contributed by atoms with Crippen LogP contribution in [0.5, 0.6) is 17.2 Å². The largest absolute Gasteiger partial charge is 0.497 e. The molecular weight excluding hydrogens is 396 g/mol. The van der Waals surface area contributed by atoms with Gasteiger partial charge in [0.05, 0.1) is 27.0 Å². The molecule has 1 amide bonds. The highest BCUT2D eigenvalue weighted by Gasteiger charge is 2.27. The molecule has 0 spiro atoms. The third-order valence-corrected chi connectivity index (χ3v) is 6.47. The molecule has 0 heterocycles. The minimum Gasteiger partial charge on any atom is -0.497 e. The summed E-state index contributed by atoms with van der Waals surface area (Å²) < 4.78 is 42.9. The molecule has 0 saturated carbocycles. The number of anilines is 1. The maximum absolute atomic E-state index is 13.0. The second-order valence-corrected chi connectivity index (χ2v) is 7.88. The zero-order valence-electron chi connectivity index (χ0n) is 17.2. The summed E-state index contributed by atoms with van der Waals surface area (Å²) in [6.07, 6.45) is 0. The van der Waals surface area contributed by atoms with Crippen molar-refractivity contribution in [1.82, 2.24) is 4.31 Å². The Labute approximate surface area is 171 Å². The Morgan fingerprint density at radius 2 is 1.55 bits per heavy atom. The van der Waals surface area contributed by atoms with E-state index in [1.165, 1.54) is 43.8 Å². The zero-order chi connectivity index (χ0) is 21.6. The number of methoxy groups -OCH3 is 3. The normalized spacial score (nSPS) is 11.2. The number of amides is 1. The van der Waals surface area contributed by atoms with Gasteiger partial charge in [-0.15, -0.1) is 0 Å². The Bertz CT molecular complexity index is 971. The van der Waals surface area contributed by atoms with Crippen molar-refractivity contribution in [3.05, 3.63) is 42.0 Å². The molecule has 0 atom stereocenters. The second-order valence-electron chi connectivity index (χ2n) is 5.98. The average molecular weight is 423 g/mol. The summed E-state index contributed by atoms with van der Waals surface area (Å²) in [6.45, 7) is 4.11. The Kier molecular flexibility index (Phi) is 7.46. The summed E-state index contributed by atoms with van der Waals surface area (Å²) in [5, 5.41) is 2.73. The van der Waals surface area contributed by atoms with Crippen LogP contribution >= 0.6 is 0 Å². The van der Waals surface area contributed by atoms with E-state index in [0.29, 0.717) is 30.3 Å². The lowest BCUT2D eigenvalue weighted by Gasteiger charge is -2.20. The van der Waals surface area contributed by atoms with Crippen LogP contribution in [-0.2, 0) is 10.0 Å². The number of rotatable bonds is 9. The fourth-order valence-electron chi connectivity index (χ4n) is 2.83. The molecule has 0 fully saturated rings. The molecule has 8 nitrogen and oxygen atoms in total. The predicted octanol–water partition coefficient (Wildman–Crippen LogP) is 3.00. The van der Waals surface area contributed by atoms with Gasteiger partial charge in [-0.2, -0.15) is 4.31 Å². The van der Waals surface area contributed by atoms with E-state index in [1.54, 1.807) is 32.0 Å². The molecule has 29 heavy (non-hydrogen) atoms. The topological polar surface area (TPSA) is 94.2 Å². The highest BCUT2D eigenvalue weighted by atomic mass is 32.2. The third-order valence-electron chi connectivity index (χ3n) is 4.40. The van der Waals surface area contributed by atoms with Crippen LogP contribution in [0.1, 0.15) is 24.2 Å². The minimum atomic E-state index is -3.81. The van der Waals surface area contributed by atoms with Crippen molar-refractivity contribution in [2.75, 3.05) is 39.7 Å². The summed E-state index contributed by atoms with van der Waals surface area (Å²) in [4.78, 5) is 12.8. The van der Waals surface area contributed by atoms with Crippen LogP contribution in [0, 0.1) is 0 Å². The van der Waals surface area contributed by atoms with Crippen molar-refractivity contribution in [2.45, 2.75) is 18.7 Å². The van der Waals surface area contributed by atoms with Gasteiger partial charge in [0, 0.05) is 24.7 Å². The van der Waals surface area contributed by atoms with Crippen LogP contribution in [0.2, 0.25) is 0 Å². The molecule has 0 aliphatic heterocycles. The van der Waals surface area contributed by atoms with Gasteiger partial charge in [-0.05, 0) is 30.3 Å². The third kappa shape index (κ3) is 4.80. The van der Waals surface area contributed by atoms with Gasteiger partial charge in [-0.25, -0.2) is 8.42 Å². The molecule has 2 rings (SSSR count). The molecule has 0 radical (unpaired) electrons. The lowest BCUT2D eigenvalue weighted by molar-refractivity contribution is 0.102. The van der Waals surface area contributed by atoms with Crippen LogP contribution in [0.25, 0.3) is 0 Å². The van der Waals surface area contributed by atoms with E-state index in [-0.39, 0.29) is 16.2 Å². The number of ether oxygens (including phenoxy) is 3. The Balaban J connectivity index is 2.45. The zero-order valence-corrected chi connectivity index (χ0v) is 18.0. The quantitative estimate of drug-likeness (QED) is 0.668. The summed E-state index contributed by atoms with van der Waals surface area (Å²) in [5.41, 5.74) is 0.572. The maximum atomic E-state index is 13.0. The van der Waals surface area contributed by atoms with E-state index in [9.17, 15) is 13.2 Å². The van der Waals surface area contributed by atoms with Gasteiger partial charge in [-0.1, -0.05) is 13.8 Å². The van der Waals surface area contributed by atoms with E-state index in [0.717, 1.165) is 0 Å². The van der Waals surface area contributed by atoms with Crippen LogP contribution in [0.3, 0.4) is 0 Å². The van der Waals surface area contributed by atoms with Gasteiger partial charge >= 0.3 is 0 Å². The fraction of sp³-hybridized carbons (Fsp3) is 0.350. The molecule has 0 bridgehead atoms. The lowest BCUT2D eigenvalue weighted by atomic mass is 10.2. The van der Waals surface area contributed by atoms with E-state index in [1.807, 2.05) is 0 Å². The smallest absolute Gasteiger partial charge is 0.255 e. The van der Waals surface area contributed by atoms with Crippen molar-refractivity contribution in [2.24, 2.45) is 0 Å². The summed E-state index contributed by atoms with van der Waals surface area (Å²) in [7, 11) is 0.574. The van der Waals surface area contributed by atoms with Crippen molar-refractivity contribution in [3.63, 3.8) is 0 Å². The first-order chi connectivity index (χ1) is 13.8. The summed E-state index contributed by atoms with van der Waals surface area (Å²) in [5.74, 6) is 0.673. The Hall–Kier alpha value is -2.78. The van der Waals surface area contributed by atoms with Gasteiger partial charge in [0.15, 0.2) is 0 Å². The first kappa shape index (κ1) is 22.5. The SMILES string of the molecule is CCN(CC)S(=O)(=O)c1cc(C(=O)Nc2cc(OC)ccc2OC)ccc1OC. The molecule has 9 heteroatoms. The maximum Gasteiger partial charge on any atom is 0.255 e. The monoisotopic (exact) mass is 422 g/mol. The second kappa shape index (κ2) is 9.62. The number of hydrogen-bond acceptors (Lipinski definition) is 6. The standard InChI is InChI=1S/C20H26N2O6S/c1-6-22(7-2)29(24,25)19-12-14(8-10-18(19)28-5)20(23)21-16-13-15(26-3)9-11-17(16)27-4/h8-13H,6-7H2,1-5H3,(H,21,23). The van der Waals surface area contributed by atoms with Crippen LogP contribution in [0.15, 0.2) is 41.3 Å².